The number of hydrogen-bond donors (Lipinski definition) is 1. The minimum atomic E-state index is -1.16. The minimum Gasteiger partial charge on any atom is -0.476 e. The van der Waals surface area contributed by atoms with Gasteiger partial charge in [-0.25, -0.2) is 9.48 Å². The van der Waals surface area contributed by atoms with Gasteiger partial charge in [0.2, 0.25) is 5.91 Å². The van der Waals surface area contributed by atoms with E-state index in [4.69, 9.17) is 5.11 Å². The molecule has 0 aliphatic carbocycles. The van der Waals surface area contributed by atoms with Gasteiger partial charge in [-0.05, 0) is 42.7 Å². The molecule has 0 radical (unpaired) electrons. The van der Waals surface area contributed by atoms with Crippen LogP contribution in [0.15, 0.2) is 23.0 Å². The summed E-state index contributed by atoms with van der Waals surface area (Å²) in [5.74, 6) is -1.26. The van der Waals surface area contributed by atoms with Gasteiger partial charge in [-0.2, -0.15) is 11.3 Å². The zero-order chi connectivity index (χ0) is 16.1. The molecule has 1 N–H and O–H groups in total. The van der Waals surface area contributed by atoms with Gasteiger partial charge in [-0.3, -0.25) is 4.79 Å². The molecule has 0 fully saturated rings. The highest BCUT2D eigenvalue weighted by Crippen LogP contribution is 2.12. The summed E-state index contributed by atoms with van der Waals surface area (Å²) in [6, 6.07) is 2.12. The standard InChI is InChI=1S/C14H18N4O3S/c1-3-18(10(2)6-11-4-5-22-9-11)13(19)8-17-7-12(14(20)21)15-16-17/h4-5,7,9-10H,3,6,8H2,1-2H3,(H,20,21). The number of likely N-dealkylation sites (N-methyl/N-ethyl adjacent to an activating group) is 1. The molecular weight excluding hydrogens is 304 g/mol. The van der Waals surface area contributed by atoms with E-state index in [1.54, 1.807) is 16.2 Å². The smallest absolute Gasteiger partial charge is 0.358 e. The fourth-order valence-electron chi connectivity index (χ4n) is 2.30. The van der Waals surface area contributed by atoms with Crippen LogP contribution in [0.2, 0.25) is 0 Å². The van der Waals surface area contributed by atoms with Gasteiger partial charge < -0.3 is 10.0 Å². The van der Waals surface area contributed by atoms with Gasteiger partial charge in [0.1, 0.15) is 6.54 Å². The van der Waals surface area contributed by atoms with Crippen molar-refractivity contribution in [2.45, 2.75) is 32.9 Å². The summed E-state index contributed by atoms with van der Waals surface area (Å²) >= 11 is 1.64. The molecule has 0 bridgehead atoms. The molecule has 0 saturated carbocycles. The van der Waals surface area contributed by atoms with Gasteiger partial charge in [0, 0.05) is 12.6 Å². The van der Waals surface area contributed by atoms with Crippen LogP contribution >= 0.6 is 11.3 Å². The van der Waals surface area contributed by atoms with Gasteiger partial charge in [-0.1, -0.05) is 5.21 Å². The van der Waals surface area contributed by atoms with Crippen LogP contribution in [0.4, 0.5) is 0 Å². The second kappa shape index (κ2) is 7.17. The Morgan fingerprint density at radius 2 is 2.27 bits per heavy atom. The van der Waals surface area contributed by atoms with Crippen molar-refractivity contribution >= 4 is 23.2 Å². The zero-order valence-electron chi connectivity index (χ0n) is 12.5. The molecular formula is C14H18N4O3S. The molecule has 7 nitrogen and oxygen atoms in total. The lowest BCUT2D eigenvalue weighted by atomic mass is 10.1. The van der Waals surface area contributed by atoms with Crippen molar-refractivity contribution in [3.8, 4) is 0 Å². The second-order valence-electron chi connectivity index (χ2n) is 4.97. The van der Waals surface area contributed by atoms with Crippen LogP contribution in [-0.2, 0) is 17.8 Å². The molecule has 2 aromatic heterocycles. The molecule has 0 spiro atoms. The van der Waals surface area contributed by atoms with E-state index in [0.29, 0.717) is 6.54 Å². The number of carbonyl (C=O) groups excluding carboxylic acids is 1. The van der Waals surface area contributed by atoms with Crippen molar-refractivity contribution < 1.29 is 14.7 Å². The average molecular weight is 322 g/mol. The first-order valence-electron chi connectivity index (χ1n) is 6.95. The summed E-state index contributed by atoms with van der Waals surface area (Å²) in [5, 5.41) is 20.1. The van der Waals surface area contributed by atoms with Crippen LogP contribution in [0.5, 0.6) is 0 Å². The summed E-state index contributed by atoms with van der Waals surface area (Å²) in [6.45, 7) is 4.50. The first-order valence-corrected chi connectivity index (χ1v) is 7.89. The molecule has 2 rings (SSSR count). The van der Waals surface area contributed by atoms with Crippen molar-refractivity contribution in [3.05, 3.63) is 34.3 Å². The van der Waals surface area contributed by atoms with E-state index in [1.807, 2.05) is 19.2 Å². The second-order valence-corrected chi connectivity index (χ2v) is 5.75. The predicted octanol–water partition coefficient (Wildman–Crippen LogP) is 1.52. The van der Waals surface area contributed by atoms with E-state index in [2.05, 4.69) is 21.8 Å². The Morgan fingerprint density at radius 1 is 1.50 bits per heavy atom. The van der Waals surface area contributed by atoms with Crippen LogP contribution in [0.25, 0.3) is 0 Å². The highest BCUT2D eigenvalue weighted by molar-refractivity contribution is 7.07. The van der Waals surface area contributed by atoms with E-state index < -0.39 is 5.97 Å². The number of thiophene rings is 1. The molecule has 2 aromatic rings. The normalized spacial score (nSPS) is 12.1. The number of aromatic nitrogens is 3. The Morgan fingerprint density at radius 3 is 2.82 bits per heavy atom. The zero-order valence-corrected chi connectivity index (χ0v) is 13.3. The Balaban J connectivity index is 1.99. The number of aromatic carboxylic acids is 1. The van der Waals surface area contributed by atoms with Gasteiger partial charge in [-0.15, -0.1) is 5.10 Å². The Kier molecular flexibility index (Phi) is 5.26. The van der Waals surface area contributed by atoms with Gasteiger partial charge in [0.15, 0.2) is 5.69 Å². The molecule has 0 saturated heterocycles. The van der Waals surface area contributed by atoms with Crippen LogP contribution in [0, 0.1) is 0 Å². The van der Waals surface area contributed by atoms with Crippen LogP contribution in [0.3, 0.4) is 0 Å². The molecule has 1 amide bonds. The largest absolute Gasteiger partial charge is 0.476 e. The number of nitrogens with zero attached hydrogens (tertiary/aromatic N) is 4. The maximum Gasteiger partial charge on any atom is 0.358 e. The molecule has 0 aliphatic rings. The summed E-state index contributed by atoms with van der Waals surface area (Å²) in [4.78, 5) is 24.9. The summed E-state index contributed by atoms with van der Waals surface area (Å²) < 4.78 is 1.26. The molecule has 22 heavy (non-hydrogen) atoms. The van der Waals surface area contributed by atoms with Crippen LogP contribution in [-0.4, -0.2) is 49.5 Å². The lowest BCUT2D eigenvalue weighted by molar-refractivity contribution is -0.133. The molecule has 0 aromatic carbocycles. The number of carboxylic acids is 1. The van der Waals surface area contributed by atoms with Gasteiger partial charge in [0.05, 0.1) is 6.20 Å². The van der Waals surface area contributed by atoms with Gasteiger partial charge >= 0.3 is 5.97 Å². The fourth-order valence-corrected chi connectivity index (χ4v) is 2.98. The summed E-state index contributed by atoms with van der Waals surface area (Å²) in [6.07, 6.45) is 2.05. The average Bonchev–Trinajstić information content (AvgIpc) is 3.11. The van der Waals surface area contributed by atoms with Crippen LogP contribution < -0.4 is 0 Å². The third-order valence-corrected chi connectivity index (χ3v) is 4.09. The van der Waals surface area contributed by atoms with Crippen molar-refractivity contribution in [3.63, 3.8) is 0 Å². The van der Waals surface area contributed by atoms with Crippen LogP contribution in [0.1, 0.15) is 29.9 Å². The Labute approximate surface area is 132 Å². The van der Waals surface area contributed by atoms with E-state index in [9.17, 15) is 9.59 Å². The maximum atomic E-state index is 12.4. The fraction of sp³-hybridized carbons (Fsp3) is 0.429. The van der Waals surface area contributed by atoms with E-state index >= 15 is 0 Å². The third kappa shape index (κ3) is 3.91. The number of rotatable bonds is 7. The quantitative estimate of drug-likeness (QED) is 0.835. The maximum absolute atomic E-state index is 12.4. The monoisotopic (exact) mass is 322 g/mol. The predicted molar refractivity (Wildman–Crippen MR) is 81.9 cm³/mol. The highest BCUT2D eigenvalue weighted by Gasteiger charge is 2.20. The molecule has 0 aliphatic heterocycles. The molecule has 118 valence electrons. The Bertz CT molecular complexity index is 638. The van der Waals surface area contributed by atoms with Crippen molar-refractivity contribution in [1.82, 2.24) is 19.9 Å². The van der Waals surface area contributed by atoms with Crippen molar-refractivity contribution in [2.24, 2.45) is 0 Å². The topological polar surface area (TPSA) is 88.3 Å². The minimum absolute atomic E-state index is 0.0118. The summed E-state index contributed by atoms with van der Waals surface area (Å²) in [5.41, 5.74) is 1.04. The third-order valence-electron chi connectivity index (χ3n) is 3.36. The first kappa shape index (κ1) is 16.2. The lowest BCUT2D eigenvalue weighted by Crippen LogP contribution is -2.41. The van der Waals surface area contributed by atoms with Gasteiger partial charge in [0.25, 0.3) is 0 Å². The molecule has 1 unspecified atom stereocenters. The number of carbonyl (C=O) groups is 2. The highest BCUT2D eigenvalue weighted by atomic mass is 32.1. The van der Waals surface area contributed by atoms with Crippen molar-refractivity contribution in [1.29, 1.82) is 0 Å². The number of carboxylic acid groups (broad SMARTS) is 1. The molecule has 1 atom stereocenters. The first-order chi connectivity index (χ1) is 10.5. The number of hydrogen-bond acceptors (Lipinski definition) is 5. The molecule has 8 heteroatoms. The Hall–Kier alpha value is -2.22. The SMILES string of the molecule is CCN(C(=O)Cn1cc(C(=O)O)nn1)C(C)Cc1ccsc1. The molecule has 2 heterocycles. The lowest BCUT2D eigenvalue weighted by Gasteiger charge is -2.28. The van der Waals surface area contributed by atoms with E-state index in [-0.39, 0.29) is 24.2 Å². The van der Waals surface area contributed by atoms with E-state index in [1.165, 1.54) is 16.4 Å². The van der Waals surface area contributed by atoms with Crippen molar-refractivity contribution in [2.75, 3.05) is 6.54 Å². The summed E-state index contributed by atoms with van der Waals surface area (Å²) in [7, 11) is 0. The van der Waals surface area contributed by atoms with E-state index in [0.717, 1.165) is 6.42 Å². The number of amides is 1.